The average Bonchev–Trinajstić information content (AvgIpc) is 3.17. The minimum atomic E-state index is -1.11. The van der Waals surface area contributed by atoms with Crippen molar-refractivity contribution in [2.24, 2.45) is 0 Å². The lowest BCUT2D eigenvalue weighted by Gasteiger charge is -2.05. The van der Waals surface area contributed by atoms with Crippen LogP contribution >= 0.6 is 11.3 Å². The molecule has 0 saturated heterocycles. The number of hydroxylamine groups is 1. The third-order valence-electron chi connectivity index (χ3n) is 4.40. The first-order valence-corrected chi connectivity index (χ1v) is 11.4. The predicted molar refractivity (Wildman–Crippen MR) is 127 cm³/mol. The van der Waals surface area contributed by atoms with Gasteiger partial charge in [0.2, 0.25) is 0 Å². The summed E-state index contributed by atoms with van der Waals surface area (Å²) >= 11 is 0.831. The highest BCUT2D eigenvalue weighted by Crippen LogP contribution is 2.23. The number of thiazole rings is 1. The molecule has 176 valence electrons. The number of aryl methyl sites for hydroxylation is 1. The van der Waals surface area contributed by atoms with E-state index in [1.807, 2.05) is 18.2 Å². The van der Waals surface area contributed by atoms with E-state index in [2.05, 4.69) is 34.8 Å². The van der Waals surface area contributed by atoms with E-state index in [0.29, 0.717) is 5.69 Å². The Morgan fingerprint density at radius 3 is 2.42 bits per heavy atom. The maximum Gasteiger partial charge on any atom is 0.347 e. The summed E-state index contributed by atoms with van der Waals surface area (Å²) in [6.45, 7) is 5.31. The summed E-state index contributed by atoms with van der Waals surface area (Å²) in [5, 5.41) is 11.4. The van der Waals surface area contributed by atoms with Gasteiger partial charge in [-0.05, 0) is 31.0 Å². The van der Waals surface area contributed by atoms with Gasteiger partial charge in [-0.25, -0.2) is 14.2 Å². The number of rotatable bonds is 10. The Hall–Kier alpha value is -3.14. The molecule has 0 bridgehead atoms. The highest BCUT2D eigenvalue weighted by atomic mass is 32.1. The van der Waals surface area contributed by atoms with E-state index in [9.17, 15) is 14.0 Å². The summed E-state index contributed by atoms with van der Waals surface area (Å²) in [5.74, 6) is -2.42. The molecule has 2 aromatic carbocycles. The largest absolute Gasteiger partial charge is 0.477 e. The van der Waals surface area contributed by atoms with E-state index in [1.165, 1.54) is 49.6 Å². The Bertz CT molecular complexity index is 1030. The van der Waals surface area contributed by atoms with Crippen molar-refractivity contribution in [3.63, 3.8) is 0 Å². The second-order valence-electron chi connectivity index (χ2n) is 7.03. The van der Waals surface area contributed by atoms with Gasteiger partial charge < -0.3 is 9.94 Å². The normalized spacial score (nSPS) is 10.3. The van der Waals surface area contributed by atoms with E-state index < -0.39 is 17.7 Å². The van der Waals surface area contributed by atoms with E-state index in [4.69, 9.17) is 9.94 Å². The minimum Gasteiger partial charge on any atom is -0.477 e. The zero-order valence-corrected chi connectivity index (χ0v) is 19.5. The van der Waals surface area contributed by atoms with Gasteiger partial charge in [0.1, 0.15) is 10.7 Å². The number of amides is 1. The SMILES string of the molecule is CCCCCONCc1ccccc1.Cc1nc(NC(=O)c2ccccc2F)sc1C(=O)O. The molecule has 1 amide bonds. The Kier molecular flexibility index (Phi) is 11.2. The number of nitrogens with zero attached hydrogens (tertiary/aromatic N) is 1. The first kappa shape index (κ1) is 26.1. The van der Waals surface area contributed by atoms with Crippen LogP contribution in [0.1, 0.15) is 57.5 Å². The molecule has 3 rings (SSSR count). The number of hydrogen-bond donors (Lipinski definition) is 3. The minimum absolute atomic E-state index is 0.0452. The smallest absolute Gasteiger partial charge is 0.347 e. The highest BCUT2D eigenvalue weighted by molar-refractivity contribution is 7.17. The van der Waals surface area contributed by atoms with Crippen LogP contribution in [0.3, 0.4) is 0 Å². The van der Waals surface area contributed by atoms with Crippen LogP contribution in [0, 0.1) is 12.7 Å². The van der Waals surface area contributed by atoms with Gasteiger partial charge in [-0.1, -0.05) is 73.6 Å². The fourth-order valence-corrected chi connectivity index (χ4v) is 3.49. The molecule has 3 aromatic rings. The molecule has 3 N–H and O–H groups in total. The number of unbranched alkanes of at least 4 members (excludes halogenated alkanes) is 2. The van der Waals surface area contributed by atoms with Crippen molar-refractivity contribution in [3.8, 4) is 0 Å². The fourth-order valence-electron chi connectivity index (χ4n) is 2.68. The Balaban J connectivity index is 0.000000245. The molecule has 7 nitrogen and oxygen atoms in total. The van der Waals surface area contributed by atoms with Crippen LogP contribution in [-0.4, -0.2) is 28.6 Å². The van der Waals surface area contributed by atoms with E-state index in [-0.39, 0.29) is 15.6 Å². The first-order valence-electron chi connectivity index (χ1n) is 10.6. The van der Waals surface area contributed by atoms with Crippen molar-refractivity contribution in [1.29, 1.82) is 0 Å². The Labute approximate surface area is 196 Å². The van der Waals surface area contributed by atoms with Gasteiger partial charge in [0.25, 0.3) is 5.91 Å². The molecule has 0 saturated carbocycles. The number of aromatic carboxylic acids is 1. The number of carbonyl (C=O) groups is 2. The van der Waals surface area contributed by atoms with Crippen LogP contribution in [0.4, 0.5) is 9.52 Å². The number of halogens is 1. The Morgan fingerprint density at radius 1 is 1.09 bits per heavy atom. The topological polar surface area (TPSA) is 101 Å². The molecule has 0 atom stereocenters. The zero-order chi connectivity index (χ0) is 24.1. The summed E-state index contributed by atoms with van der Waals surface area (Å²) in [5.41, 5.74) is 4.40. The van der Waals surface area contributed by atoms with Crippen molar-refractivity contribution >= 4 is 28.3 Å². The van der Waals surface area contributed by atoms with Crippen molar-refractivity contribution in [2.45, 2.75) is 39.7 Å². The second kappa shape index (κ2) is 14.1. The summed E-state index contributed by atoms with van der Waals surface area (Å²) in [6.07, 6.45) is 3.62. The van der Waals surface area contributed by atoms with Gasteiger partial charge in [-0.15, -0.1) is 0 Å². The first-order chi connectivity index (χ1) is 15.9. The number of nitrogens with one attached hydrogen (secondary N) is 2. The van der Waals surface area contributed by atoms with Crippen LogP contribution in [0.2, 0.25) is 0 Å². The van der Waals surface area contributed by atoms with Gasteiger partial charge in [0.05, 0.1) is 17.9 Å². The molecular weight excluding hydrogens is 445 g/mol. The molecule has 1 heterocycles. The molecule has 0 unspecified atom stereocenters. The summed E-state index contributed by atoms with van der Waals surface area (Å²) in [4.78, 5) is 31.9. The van der Waals surface area contributed by atoms with Crippen LogP contribution in [-0.2, 0) is 11.4 Å². The quantitative estimate of drug-likeness (QED) is 0.268. The lowest BCUT2D eigenvalue weighted by atomic mass is 10.2. The summed E-state index contributed by atoms with van der Waals surface area (Å²) in [6, 6.07) is 15.8. The monoisotopic (exact) mass is 473 g/mol. The number of benzene rings is 2. The Morgan fingerprint density at radius 2 is 1.79 bits per heavy atom. The molecule has 1 aromatic heterocycles. The molecule has 0 aliphatic heterocycles. The number of carbonyl (C=O) groups excluding carboxylic acids is 1. The van der Waals surface area contributed by atoms with Gasteiger partial charge in [-0.2, -0.15) is 5.48 Å². The molecular formula is C24H28FN3O4S. The van der Waals surface area contributed by atoms with E-state index in [1.54, 1.807) is 0 Å². The van der Waals surface area contributed by atoms with Gasteiger partial charge in [-0.3, -0.25) is 10.1 Å². The molecule has 0 aliphatic carbocycles. The molecule has 0 spiro atoms. The number of anilines is 1. The number of carboxylic acid groups (broad SMARTS) is 1. The third-order valence-corrected chi connectivity index (χ3v) is 5.46. The zero-order valence-electron chi connectivity index (χ0n) is 18.6. The number of hydrogen-bond acceptors (Lipinski definition) is 6. The van der Waals surface area contributed by atoms with Gasteiger partial charge in [0.15, 0.2) is 5.13 Å². The fraction of sp³-hybridized carbons (Fsp3) is 0.292. The molecule has 0 fully saturated rings. The van der Waals surface area contributed by atoms with Crippen LogP contribution in [0.5, 0.6) is 0 Å². The number of carboxylic acids is 1. The van der Waals surface area contributed by atoms with Crippen LogP contribution in [0.25, 0.3) is 0 Å². The average molecular weight is 474 g/mol. The molecule has 0 aliphatic rings. The summed E-state index contributed by atoms with van der Waals surface area (Å²) < 4.78 is 13.4. The standard InChI is InChI=1S/C12H9FN2O3S.C12H19NO/c1-6-9(11(17)18)19-12(14-6)15-10(16)7-4-2-3-5-8(7)13;1-2-3-7-10-14-13-11-12-8-5-4-6-9-12/h2-5H,1H3,(H,17,18)(H,14,15,16);4-6,8-9,13H,2-3,7,10-11H2,1H3. The third kappa shape index (κ3) is 9.09. The van der Waals surface area contributed by atoms with Crippen molar-refractivity contribution in [1.82, 2.24) is 10.5 Å². The van der Waals surface area contributed by atoms with Gasteiger partial charge >= 0.3 is 5.97 Å². The van der Waals surface area contributed by atoms with E-state index in [0.717, 1.165) is 30.9 Å². The predicted octanol–water partition coefficient (Wildman–Crippen LogP) is 5.44. The number of aromatic nitrogens is 1. The van der Waals surface area contributed by atoms with Crippen LogP contribution in [0.15, 0.2) is 54.6 Å². The van der Waals surface area contributed by atoms with Crippen molar-refractivity contribution < 1.29 is 23.9 Å². The highest BCUT2D eigenvalue weighted by Gasteiger charge is 2.17. The maximum absolute atomic E-state index is 13.4. The molecule has 33 heavy (non-hydrogen) atoms. The van der Waals surface area contributed by atoms with Crippen LogP contribution < -0.4 is 10.8 Å². The van der Waals surface area contributed by atoms with Gasteiger partial charge in [0, 0.05) is 6.54 Å². The molecule has 9 heteroatoms. The second-order valence-corrected chi connectivity index (χ2v) is 8.03. The maximum atomic E-state index is 13.4. The van der Waals surface area contributed by atoms with Crippen molar-refractivity contribution in [3.05, 3.63) is 82.1 Å². The summed E-state index contributed by atoms with van der Waals surface area (Å²) in [7, 11) is 0. The molecule has 0 radical (unpaired) electrons. The van der Waals surface area contributed by atoms with Crippen molar-refractivity contribution in [2.75, 3.05) is 11.9 Å². The lowest BCUT2D eigenvalue weighted by Crippen LogP contribution is -2.14. The van der Waals surface area contributed by atoms with E-state index >= 15 is 0 Å². The lowest BCUT2D eigenvalue weighted by molar-refractivity contribution is 0.0342.